The standard InChI is InChI=1S/C12H10FN5O/c13-9-2-1-8(5-10(9)15)17-12(19)7-18-4-3-16-11(18)6-14/h1-5H,7,15H2,(H,17,19). The van der Waals surface area contributed by atoms with E-state index in [2.05, 4.69) is 10.3 Å². The second-order valence-corrected chi connectivity index (χ2v) is 3.78. The van der Waals surface area contributed by atoms with E-state index in [1.807, 2.05) is 6.07 Å². The second kappa shape index (κ2) is 5.18. The van der Waals surface area contributed by atoms with Crippen molar-refractivity contribution in [3.63, 3.8) is 0 Å². The number of benzene rings is 1. The largest absolute Gasteiger partial charge is 0.396 e. The summed E-state index contributed by atoms with van der Waals surface area (Å²) in [7, 11) is 0. The number of hydrogen-bond donors (Lipinski definition) is 2. The Kier molecular flexibility index (Phi) is 3.43. The van der Waals surface area contributed by atoms with E-state index in [4.69, 9.17) is 11.0 Å². The van der Waals surface area contributed by atoms with Gasteiger partial charge in [-0.3, -0.25) is 4.79 Å². The number of carbonyl (C=O) groups excluding carboxylic acids is 1. The van der Waals surface area contributed by atoms with Crippen LogP contribution in [0.2, 0.25) is 0 Å². The van der Waals surface area contributed by atoms with E-state index < -0.39 is 5.82 Å². The quantitative estimate of drug-likeness (QED) is 0.807. The highest BCUT2D eigenvalue weighted by Crippen LogP contribution is 2.16. The summed E-state index contributed by atoms with van der Waals surface area (Å²) in [6, 6.07) is 5.76. The smallest absolute Gasteiger partial charge is 0.244 e. The van der Waals surface area contributed by atoms with Crippen molar-refractivity contribution in [2.75, 3.05) is 11.1 Å². The molecule has 0 atom stereocenters. The maximum absolute atomic E-state index is 13.0. The molecule has 19 heavy (non-hydrogen) atoms. The van der Waals surface area contributed by atoms with Gasteiger partial charge in [-0.2, -0.15) is 5.26 Å². The number of carbonyl (C=O) groups is 1. The maximum Gasteiger partial charge on any atom is 0.244 e. The molecule has 2 aromatic rings. The normalized spacial score (nSPS) is 9.89. The van der Waals surface area contributed by atoms with Gasteiger partial charge in [0.25, 0.3) is 0 Å². The van der Waals surface area contributed by atoms with Gasteiger partial charge in [0, 0.05) is 18.1 Å². The second-order valence-electron chi connectivity index (χ2n) is 3.78. The van der Waals surface area contributed by atoms with Crippen LogP contribution in [0.3, 0.4) is 0 Å². The van der Waals surface area contributed by atoms with Gasteiger partial charge in [0.05, 0.1) is 5.69 Å². The molecule has 0 aliphatic rings. The number of imidazole rings is 1. The average molecular weight is 259 g/mol. The minimum absolute atomic E-state index is 0.0434. The molecule has 0 radical (unpaired) electrons. The Morgan fingerprint density at radius 2 is 2.37 bits per heavy atom. The number of amides is 1. The van der Waals surface area contributed by atoms with Crippen molar-refractivity contribution in [3.8, 4) is 6.07 Å². The molecule has 96 valence electrons. The van der Waals surface area contributed by atoms with Gasteiger partial charge in [-0.1, -0.05) is 0 Å². The third-order valence-corrected chi connectivity index (χ3v) is 2.41. The highest BCUT2D eigenvalue weighted by atomic mass is 19.1. The van der Waals surface area contributed by atoms with E-state index in [1.54, 1.807) is 0 Å². The number of nitrogens with one attached hydrogen (secondary N) is 1. The zero-order valence-corrected chi connectivity index (χ0v) is 9.80. The number of halogens is 1. The van der Waals surface area contributed by atoms with Crippen LogP contribution in [-0.4, -0.2) is 15.5 Å². The third kappa shape index (κ3) is 2.87. The van der Waals surface area contributed by atoms with Crippen molar-refractivity contribution in [1.29, 1.82) is 5.26 Å². The number of aromatic nitrogens is 2. The Labute approximate surface area is 108 Å². The molecule has 3 N–H and O–H groups in total. The van der Waals surface area contributed by atoms with Crippen molar-refractivity contribution in [1.82, 2.24) is 9.55 Å². The van der Waals surface area contributed by atoms with Crippen LogP contribution in [-0.2, 0) is 11.3 Å². The lowest BCUT2D eigenvalue weighted by molar-refractivity contribution is -0.116. The first-order chi connectivity index (χ1) is 9.10. The number of anilines is 2. The monoisotopic (exact) mass is 259 g/mol. The Hall–Kier alpha value is -2.88. The zero-order chi connectivity index (χ0) is 13.8. The van der Waals surface area contributed by atoms with Crippen LogP contribution in [0.5, 0.6) is 0 Å². The fraction of sp³-hybridized carbons (Fsp3) is 0.0833. The van der Waals surface area contributed by atoms with E-state index >= 15 is 0 Å². The molecule has 0 bridgehead atoms. The highest BCUT2D eigenvalue weighted by Gasteiger charge is 2.08. The number of rotatable bonds is 3. The summed E-state index contributed by atoms with van der Waals surface area (Å²) >= 11 is 0. The van der Waals surface area contributed by atoms with E-state index in [0.717, 1.165) is 0 Å². The Morgan fingerprint density at radius 1 is 1.58 bits per heavy atom. The van der Waals surface area contributed by atoms with Gasteiger partial charge in [-0.05, 0) is 18.2 Å². The molecule has 0 aliphatic heterocycles. The molecule has 6 nitrogen and oxygen atoms in total. The summed E-state index contributed by atoms with van der Waals surface area (Å²) < 4.78 is 14.4. The number of hydrogen-bond acceptors (Lipinski definition) is 4. The van der Waals surface area contributed by atoms with Crippen molar-refractivity contribution in [3.05, 3.63) is 42.2 Å². The summed E-state index contributed by atoms with van der Waals surface area (Å²) in [6.07, 6.45) is 2.96. The Bertz CT molecular complexity index is 658. The number of nitrogens with two attached hydrogens (primary N) is 1. The number of nitriles is 1. The molecule has 2 rings (SSSR count). The van der Waals surface area contributed by atoms with Crippen LogP contribution in [0, 0.1) is 17.1 Å². The summed E-state index contributed by atoms with van der Waals surface area (Å²) in [5.41, 5.74) is 5.74. The molecule has 0 spiro atoms. The predicted octanol–water partition coefficient (Wildman–Crippen LogP) is 1.11. The van der Waals surface area contributed by atoms with Crippen LogP contribution in [0.15, 0.2) is 30.6 Å². The van der Waals surface area contributed by atoms with E-state index in [1.165, 1.54) is 35.2 Å². The molecule has 0 aliphatic carbocycles. The average Bonchev–Trinajstić information content (AvgIpc) is 2.81. The molecule has 1 aromatic heterocycles. The number of nitrogen functional groups attached to an aromatic ring is 1. The molecular weight excluding hydrogens is 249 g/mol. The molecular formula is C12H10FN5O. The molecule has 7 heteroatoms. The highest BCUT2D eigenvalue weighted by molar-refractivity contribution is 5.91. The maximum atomic E-state index is 13.0. The third-order valence-electron chi connectivity index (χ3n) is 2.41. The van der Waals surface area contributed by atoms with E-state index in [9.17, 15) is 9.18 Å². The van der Waals surface area contributed by atoms with Gasteiger partial charge < -0.3 is 15.6 Å². The Morgan fingerprint density at radius 3 is 3.05 bits per heavy atom. The lowest BCUT2D eigenvalue weighted by atomic mass is 10.2. The SMILES string of the molecule is N#Cc1nccn1CC(=O)Nc1ccc(F)c(N)c1. The van der Waals surface area contributed by atoms with Gasteiger partial charge in [0.15, 0.2) is 0 Å². The van der Waals surface area contributed by atoms with Crippen molar-refractivity contribution in [2.24, 2.45) is 0 Å². The van der Waals surface area contributed by atoms with Crippen molar-refractivity contribution >= 4 is 17.3 Å². The summed E-state index contributed by atoms with van der Waals surface area (Å²) in [6.45, 7) is -0.0554. The molecule has 0 saturated carbocycles. The lowest BCUT2D eigenvalue weighted by Crippen LogP contribution is -2.19. The molecule has 0 saturated heterocycles. The lowest BCUT2D eigenvalue weighted by Gasteiger charge is -2.07. The van der Waals surface area contributed by atoms with Gasteiger partial charge in [-0.25, -0.2) is 9.37 Å². The summed E-state index contributed by atoms with van der Waals surface area (Å²) in [5, 5.41) is 11.3. The van der Waals surface area contributed by atoms with Crippen LogP contribution in [0.1, 0.15) is 5.82 Å². The van der Waals surface area contributed by atoms with Crippen molar-refractivity contribution < 1.29 is 9.18 Å². The van der Waals surface area contributed by atoms with Crippen molar-refractivity contribution in [2.45, 2.75) is 6.54 Å². The Balaban J connectivity index is 2.06. The van der Waals surface area contributed by atoms with Gasteiger partial charge in [0.1, 0.15) is 18.4 Å². The van der Waals surface area contributed by atoms with Crippen LogP contribution >= 0.6 is 0 Å². The van der Waals surface area contributed by atoms with Gasteiger partial charge in [-0.15, -0.1) is 0 Å². The van der Waals surface area contributed by atoms with Gasteiger partial charge >= 0.3 is 0 Å². The van der Waals surface area contributed by atoms with E-state index in [0.29, 0.717) is 5.69 Å². The minimum atomic E-state index is -0.542. The minimum Gasteiger partial charge on any atom is -0.396 e. The number of nitrogens with zero attached hydrogens (tertiary/aromatic N) is 3. The topological polar surface area (TPSA) is 96.7 Å². The first kappa shape index (κ1) is 12.6. The van der Waals surface area contributed by atoms with E-state index in [-0.39, 0.29) is 24.0 Å². The molecule has 1 aromatic carbocycles. The van der Waals surface area contributed by atoms with Crippen LogP contribution < -0.4 is 11.1 Å². The van der Waals surface area contributed by atoms with Crippen LogP contribution in [0.25, 0.3) is 0 Å². The summed E-state index contributed by atoms with van der Waals surface area (Å²) in [4.78, 5) is 15.5. The molecule has 0 unspecified atom stereocenters. The fourth-order valence-electron chi connectivity index (χ4n) is 1.53. The first-order valence-electron chi connectivity index (χ1n) is 5.36. The molecule has 1 amide bonds. The molecule has 0 fully saturated rings. The fourth-order valence-corrected chi connectivity index (χ4v) is 1.53. The zero-order valence-electron chi connectivity index (χ0n) is 9.80. The van der Waals surface area contributed by atoms with Crippen LogP contribution in [0.4, 0.5) is 15.8 Å². The summed E-state index contributed by atoms with van der Waals surface area (Å²) in [5.74, 6) is -0.756. The molecule has 1 heterocycles. The first-order valence-corrected chi connectivity index (χ1v) is 5.36. The van der Waals surface area contributed by atoms with Gasteiger partial charge in [0.2, 0.25) is 11.7 Å². The predicted molar refractivity (Wildman–Crippen MR) is 66.4 cm³/mol.